The van der Waals surface area contributed by atoms with Crippen molar-refractivity contribution in [2.24, 2.45) is 0 Å². The number of hydrogen-bond acceptors (Lipinski definition) is 5. The number of anilines is 1. The van der Waals surface area contributed by atoms with Gasteiger partial charge in [-0.05, 0) is 33.0 Å². The van der Waals surface area contributed by atoms with Crippen LogP contribution in [0, 0.1) is 6.92 Å². The average Bonchev–Trinajstić information content (AvgIpc) is 3.17. The molecule has 24 heavy (non-hydrogen) atoms. The maximum atomic E-state index is 12.0. The molecule has 0 aliphatic rings. The Morgan fingerprint density at radius 1 is 1.33 bits per heavy atom. The molecule has 3 aromatic rings. The largest absolute Gasteiger partial charge is 0.459 e. The molecule has 1 amide bonds. The molecule has 0 spiro atoms. The lowest BCUT2D eigenvalue weighted by Gasteiger charge is -2.22. The first-order valence-electron chi connectivity index (χ1n) is 7.95. The highest BCUT2D eigenvalue weighted by molar-refractivity contribution is 5.89. The average molecular weight is 327 g/mol. The van der Waals surface area contributed by atoms with Crippen LogP contribution in [0.2, 0.25) is 0 Å². The number of nitrogens with zero attached hydrogens (tertiary/aromatic N) is 2. The van der Waals surface area contributed by atoms with Crippen LogP contribution in [0.5, 0.6) is 0 Å². The van der Waals surface area contributed by atoms with Crippen LogP contribution < -0.4 is 5.32 Å². The molecule has 2 aromatic heterocycles. The molecule has 3 rings (SSSR count). The molecule has 1 atom stereocenters. The van der Waals surface area contributed by atoms with Gasteiger partial charge in [0.1, 0.15) is 17.1 Å². The van der Waals surface area contributed by atoms with Crippen molar-refractivity contribution in [2.45, 2.75) is 26.3 Å². The second kappa shape index (κ2) is 6.88. The van der Waals surface area contributed by atoms with Crippen LogP contribution in [0.15, 0.2) is 45.3 Å². The normalized spacial score (nSPS) is 12.7. The Balaban J connectivity index is 1.55. The number of nitrogens with one attached hydrogen (secondary N) is 1. The fourth-order valence-corrected chi connectivity index (χ4v) is 2.53. The highest BCUT2D eigenvalue weighted by Gasteiger charge is 2.17. The summed E-state index contributed by atoms with van der Waals surface area (Å²) in [5.74, 6) is 1.92. The van der Waals surface area contributed by atoms with Gasteiger partial charge >= 0.3 is 0 Å². The van der Waals surface area contributed by atoms with Crippen molar-refractivity contribution < 1.29 is 13.7 Å². The summed E-state index contributed by atoms with van der Waals surface area (Å²) in [5.41, 5.74) is 0.881. The first kappa shape index (κ1) is 16.3. The molecule has 0 saturated heterocycles. The van der Waals surface area contributed by atoms with Crippen LogP contribution in [0.1, 0.15) is 30.9 Å². The minimum Gasteiger partial charge on any atom is -0.459 e. The number of amides is 1. The Labute approximate surface area is 140 Å². The predicted octanol–water partition coefficient (Wildman–Crippen LogP) is 3.75. The van der Waals surface area contributed by atoms with E-state index in [1.54, 1.807) is 13.0 Å². The molecule has 126 valence electrons. The van der Waals surface area contributed by atoms with Crippen LogP contribution in [0.3, 0.4) is 0 Å². The molecular weight excluding hydrogens is 306 g/mol. The summed E-state index contributed by atoms with van der Waals surface area (Å²) in [5, 5.41) is 7.57. The van der Waals surface area contributed by atoms with Crippen LogP contribution >= 0.6 is 0 Å². The van der Waals surface area contributed by atoms with E-state index < -0.39 is 0 Å². The lowest BCUT2D eigenvalue weighted by atomic mass is 10.2. The number of rotatable bonds is 6. The van der Waals surface area contributed by atoms with Crippen molar-refractivity contribution in [1.29, 1.82) is 0 Å². The smallest absolute Gasteiger partial charge is 0.226 e. The van der Waals surface area contributed by atoms with Crippen molar-refractivity contribution in [3.8, 4) is 0 Å². The van der Waals surface area contributed by atoms with Crippen LogP contribution in [0.4, 0.5) is 5.82 Å². The van der Waals surface area contributed by atoms with E-state index in [9.17, 15) is 4.79 Å². The highest BCUT2D eigenvalue weighted by atomic mass is 16.5. The van der Waals surface area contributed by atoms with Gasteiger partial charge in [0.25, 0.3) is 0 Å². The van der Waals surface area contributed by atoms with E-state index in [1.165, 1.54) is 0 Å². The maximum Gasteiger partial charge on any atom is 0.226 e. The molecule has 6 nitrogen and oxygen atoms in total. The van der Waals surface area contributed by atoms with E-state index >= 15 is 0 Å². The Morgan fingerprint density at radius 3 is 2.83 bits per heavy atom. The van der Waals surface area contributed by atoms with Gasteiger partial charge in [0.05, 0.1) is 6.04 Å². The zero-order valence-electron chi connectivity index (χ0n) is 14.1. The molecule has 0 saturated carbocycles. The molecule has 0 fully saturated rings. The molecule has 0 bridgehead atoms. The Morgan fingerprint density at radius 2 is 2.12 bits per heavy atom. The first-order valence-corrected chi connectivity index (χ1v) is 7.95. The third-order valence-electron chi connectivity index (χ3n) is 4.10. The van der Waals surface area contributed by atoms with E-state index in [0.29, 0.717) is 24.5 Å². The Kier molecular flexibility index (Phi) is 4.66. The van der Waals surface area contributed by atoms with Gasteiger partial charge in [-0.15, -0.1) is 0 Å². The van der Waals surface area contributed by atoms with Gasteiger partial charge in [-0.25, -0.2) is 0 Å². The summed E-state index contributed by atoms with van der Waals surface area (Å²) in [6.45, 7) is 4.46. The van der Waals surface area contributed by atoms with Crippen molar-refractivity contribution in [1.82, 2.24) is 10.1 Å². The van der Waals surface area contributed by atoms with Gasteiger partial charge in [-0.3, -0.25) is 9.69 Å². The van der Waals surface area contributed by atoms with Gasteiger partial charge in [0.15, 0.2) is 5.82 Å². The monoisotopic (exact) mass is 327 g/mol. The van der Waals surface area contributed by atoms with Gasteiger partial charge in [0.2, 0.25) is 5.91 Å². The summed E-state index contributed by atoms with van der Waals surface area (Å²) >= 11 is 0. The summed E-state index contributed by atoms with van der Waals surface area (Å²) in [4.78, 5) is 14.1. The van der Waals surface area contributed by atoms with E-state index in [4.69, 9.17) is 8.94 Å². The second-order valence-electron chi connectivity index (χ2n) is 5.96. The minimum absolute atomic E-state index is 0.0829. The number of carbonyl (C=O) groups excluding carboxylic acids is 1. The molecule has 0 aliphatic heterocycles. The fourth-order valence-electron chi connectivity index (χ4n) is 2.53. The second-order valence-corrected chi connectivity index (χ2v) is 5.96. The molecule has 0 aliphatic carbocycles. The van der Waals surface area contributed by atoms with Crippen molar-refractivity contribution in [3.05, 3.63) is 47.9 Å². The molecule has 0 radical (unpaired) electrons. The van der Waals surface area contributed by atoms with Gasteiger partial charge < -0.3 is 14.3 Å². The van der Waals surface area contributed by atoms with Crippen LogP contribution in [-0.2, 0) is 4.79 Å². The molecule has 2 heterocycles. The summed E-state index contributed by atoms with van der Waals surface area (Å²) in [6, 6.07) is 11.8. The fraction of sp³-hybridized carbons (Fsp3) is 0.333. The predicted molar refractivity (Wildman–Crippen MR) is 91.7 cm³/mol. The van der Waals surface area contributed by atoms with E-state index in [-0.39, 0.29) is 11.9 Å². The zero-order chi connectivity index (χ0) is 17.1. The van der Waals surface area contributed by atoms with Crippen molar-refractivity contribution >= 4 is 22.7 Å². The number of furan rings is 1. The van der Waals surface area contributed by atoms with E-state index in [0.717, 1.165) is 16.7 Å². The SMILES string of the molecule is Cc1cc(NC(=O)CCN(C)C(C)c2cc3ccccc3o2)no1. The number of hydrogen-bond donors (Lipinski definition) is 1. The number of para-hydroxylation sites is 1. The van der Waals surface area contributed by atoms with E-state index in [1.807, 2.05) is 31.3 Å². The third-order valence-corrected chi connectivity index (χ3v) is 4.10. The summed E-state index contributed by atoms with van der Waals surface area (Å²) in [6.07, 6.45) is 0.368. The first-order chi connectivity index (χ1) is 11.5. The lowest BCUT2D eigenvalue weighted by molar-refractivity contribution is -0.116. The number of aromatic nitrogens is 1. The molecule has 1 aromatic carbocycles. The van der Waals surface area contributed by atoms with Gasteiger partial charge in [0, 0.05) is 24.4 Å². The van der Waals surface area contributed by atoms with E-state index in [2.05, 4.69) is 28.4 Å². The zero-order valence-corrected chi connectivity index (χ0v) is 14.1. The van der Waals surface area contributed by atoms with Gasteiger partial charge in [-0.1, -0.05) is 23.4 Å². The molecule has 1 N–H and O–H groups in total. The maximum absolute atomic E-state index is 12.0. The van der Waals surface area contributed by atoms with Crippen molar-refractivity contribution in [2.75, 3.05) is 18.9 Å². The van der Waals surface area contributed by atoms with Gasteiger partial charge in [-0.2, -0.15) is 0 Å². The quantitative estimate of drug-likeness (QED) is 0.746. The Bertz CT molecular complexity index is 804. The Hall–Kier alpha value is -2.60. The highest BCUT2D eigenvalue weighted by Crippen LogP contribution is 2.26. The number of fused-ring (bicyclic) bond motifs is 1. The summed E-state index contributed by atoms with van der Waals surface area (Å²) in [7, 11) is 1.98. The molecule has 6 heteroatoms. The lowest BCUT2D eigenvalue weighted by Crippen LogP contribution is -2.26. The summed E-state index contributed by atoms with van der Waals surface area (Å²) < 4.78 is 10.8. The molecular formula is C18H21N3O3. The van der Waals surface area contributed by atoms with Crippen LogP contribution in [0.25, 0.3) is 11.0 Å². The number of aryl methyl sites for hydroxylation is 1. The van der Waals surface area contributed by atoms with Crippen LogP contribution in [-0.4, -0.2) is 29.6 Å². The third kappa shape index (κ3) is 3.65. The minimum atomic E-state index is -0.0908. The van der Waals surface area contributed by atoms with Crippen molar-refractivity contribution in [3.63, 3.8) is 0 Å². The number of benzene rings is 1. The standard InChI is InChI=1S/C18H21N3O3/c1-12-10-17(20-24-12)19-18(22)8-9-21(3)13(2)16-11-14-6-4-5-7-15(14)23-16/h4-7,10-11,13H,8-9H2,1-3H3,(H,19,20,22). The molecule has 1 unspecified atom stereocenters. The topological polar surface area (TPSA) is 71.5 Å². The number of carbonyl (C=O) groups is 1.